The lowest BCUT2D eigenvalue weighted by atomic mass is 9.97. The van der Waals surface area contributed by atoms with Gasteiger partial charge in [-0.25, -0.2) is 0 Å². The Morgan fingerprint density at radius 2 is 1.72 bits per heavy atom. The highest BCUT2D eigenvalue weighted by atomic mass is 16.5. The average molecular weight is 440 g/mol. The van der Waals surface area contributed by atoms with Gasteiger partial charge in [-0.05, 0) is 38.7 Å². The normalized spacial score (nSPS) is 18.7. The lowest BCUT2D eigenvalue weighted by molar-refractivity contribution is -0.150. The van der Waals surface area contributed by atoms with E-state index in [-0.39, 0.29) is 37.1 Å². The van der Waals surface area contributed by atoms with Crippen molar-refractivity contribution in [3.05, 3.63) is 36.0 Å². The number of hydrogen-bond donors (Lipinski definition) is 0. The molecule has 1 atom stereocenters. The third-order valence-electron chi connectivity index (χ3n) is 6.32. The molecule has 1 aromatic heterocycles. The number of carbonyl (C=O) groups excluding carboxylic acids is 4. The molecule has 0 unspecified atom stereocenters. The van der Waals surface area contributed by atoms with Gasteiger partial charge in [0.1, 0.15) is 6.54 Å². The first kappa shape index (κ1) is 22.0. The minimum Gasteiger partial charge on any atom is -0.466 e. The van der Waals surface area contributed by atoms with E-state index < -0.39 is 17.6 Å². The molecule has 8 nitrogen and oxygen atoms in total. The zero-order valence-electron chi connectivity index (χ0n) is 18.4. The van der Waals surface area contributed by atoms with Crippen LogP contribution in [0.3, 0.4) is 0 Å². The Labute approximate surface area is 187 Å². The molecule has 0 spiro atoms. The molecule has 4 rings (SSSR count). The van der Waals surface area contributed by atoms with Crippen molar-refractivity contribution in [3.63, 3.8) is 0 Å². The number of benzene rings is 1. The van der Waals surface area contributed by atoms with Crippen LogP contribution < -0.4 is 0 Å². The average Bonchev–Trinajstić information content (AvgIpc) is 3.47. The predicted molar refractivity (Wildman–Crippen MR) is 118 cm³/mol. The summed E-state index contributed by atoms with van der Waals surface area (Å²) in [5.41, 5.74) is 1.04. The number of fused-ring (bicyclic) bond motifs is 1. The summed E-state index contributed by atoms with van der Waals surface area (Å²) < 4.78 is 6.85. The Kier molecular flexibility index (Phi) is 6.58. The van der Waals surface area contributed by atoms with E-state index in [2.05, 4.69) is 0 Å². The van der Waals surface area contributed by atoms with Crippen LogP contribution in [0.25, 0.3) is 10.9 Å². The van der Waals surface area contributed by atoms with Crippen molar-refractivity contribution in [2.45, 2.75) is 39.2 Å². The summed E-state index contributed by atoms with van der Waals surface area (Å²) in [5.74, 6) is -1.94. The molecular formula is C24H29N3O5. The van der Waals surface area contributed by atoms with Gasteiger partial charge in [-0.15, -0.1) is 0 Å². The van der Waals surface area contributed by atoms with Gasteiger partial charge in [0.05, 0.1) is 18.1 Å². The van der Waals surface area contributed by atoms with Crippen molar-refractivity contribution >= 4 is 34.5 Å². The SMILES string of the molecule is CCOC(=O)[C@H]1CCCN(C(=O)C(=O)c2cn(CC(=O)N3CCCC3)c3ccccc23)C1. The fourth-order valence-electron chi connectivity index (χ4n) is 4.64. The Morgan fingerprint density at radius 3 is 2.47 bits per heavy atom. The van der Waals surface area contributed by atoms with Crippen LogP contribution in [-0.2, 0) is 25.7 Å². The maximum atomic E-state index is 13.2. The molecule has 1 aromatic carbocycles. The van der Waals surface area contributed by atoms with Crippen LogP contribution in [0.4, 0.5) is 0 Å². The minimum absolute atomic E-state index is 0.0156. The number of aromatic nitrogens is 1. The topological polar surface area (TPSA) is 88.9 Å². The molecule has 0 saturated carbocycles. The Bertz CT molecular complexity index is 1040. The third-order valence-corrected chi connectivity index (χ3v) is 6.32. The Balaban J connectivity index is 1.54. The lowest BCUT2D eigenvalue weighted by Gasteiger charge is -2.31. The van der Waals surface area contributed by atoms with E-state index in [0.717, 1.165) is 31.4 Å². The minimum atomic E-state index is -0.618. The van der Waals surface area contributed by atoms with Gasteiger partial charge < -0.3 is 19.1 Å². The molecule has 170 valence electrons. The molecular weight excluding hydrogens is 410 g/mol. The summed E-state index contributed by atoms with van der Waals surface area (Å²) >= 11 is 0. The molecule has 0 radical (unpaired) electrons. The highest BCUT2D eigenvalue weighted by molar-refractivity contribution is 6.45. The second kappa shape index (κ2) is 9.54. The molecule has 2 amide bonds. The number of rotatable bonds is 6. The summed E-state index contributed by atoms with van der Waals surface area (Å²) in [4.78, 5) is 54.3. The number of ether oxygens (including phenoxy) is 1. The number of esters is 1. The standard InChI is InChI=1S/C24H29N3O5/c1-2-32-24(31)17-8-7-13-26(14-17)23(30)22(29)19-15-27(20-10-4-3-9-18(19)20)16-21(28)25-11-5-6-12-25/h3-4,9-10,15,17H,2,5-8,11-14,16H2,1H3/t17-/m0/s1. The van der Waals surface area contributed by atoms with Crippen molar-refractivity contribution in [1.82, 2.24) is 14.4 Å². The van der Waals surface area contributed by atoms with Crippen LogP contribution in [0.15, 0.2) is 30.5 Å². The summed E-state index contributed by atoms with van der Waals surface area (Å²) in [5, 5.41) is 0.652. The van der Waals surface area contributed by atoms with Crippen LogP contribution in [0.2, 0.25) is 0 Å². The van der Waals surface area contributed by atoms with Gasteiger partial charge in [0.25, 0.3) is 11.7 Å². The van der Waals surface area contributed by atoms with Crippen LogP contribution in [0.5, 0.6) is 0 Å². The molecule has 32 heavy (non-hydrogen) atoms. The monoisotopic (exact) mass is 439 g/mol. The van der Waals surface area contributed by atoms with Crippen molar-refractivity contribution in [3.8, 4) is 0 Å². The highest BCUT2D eigenvalue weighted by Crippen LogP contribution is 2.25. The van der Waals surface area contributed by atoms with E-state index in [9.17, 15) is 19.2 Å². The number of ketones is 1. The van der Waals surface area contributed by atoms with E-state index in [1.807, 2.05) is 23.1 Å². The van der Waals surface area contributed by atoms with E-state index >= 15 is 0 Å². The first-order chi connectivity index (χ1) is 15.5. The molecule has 0 bridgehead atoms. The van der Waals surface area contributed by atoms with E-state index in [1.54, 1.807) is 23.8 Å². The van der Waals surface area contributed by atoms with Gasteiger partial charge in [-0.1, -0.05) is 18.2 Å². The van der Waals surface area contributed by atoms with Crippen LogP contribution >= 0.6 is 0 Å². The molecule has 2 aliphatic heterocycles. The number of amides is 2. The second-order valence-corrected chi connectivity index (χ2v) is 8.45. The van der Waals surface area contributed by atoms with Crippen molar-refractivity contribution in [2.24, 2.45) is 5.92 Å². The zero-order valence-corrected chi connectivity index (χ0v) is 18.4. The molecule has 2 saturated heterocycles. The number of Topliss-reactive ketones (excluding diaryl/α,β-unsaturated/α-hetero) is 1. The Hall–Kier alpha value is -3.16. The summed E-state index contributed by atoms with van der Waals surface area (Å²) in [6, 6.07) is 7.31. The molecule has 8 heteroatoms. The van der Waals surface area contributed by atoms with Crippen LogP contribution in [0.1, 0.15) is 43.0 Å². The maximum Gasteiger partial charge on any atom is 0.310 e. The molecule has 0 aliphatic carbocycles. The summed E-state index contributed by atoms with van der Waals surface area (Å²) in [6.45, 7) is 4.33. The predicted octanol–water partition coefficient (Wildman–Crippen LogP) is 2.25. The maximum absolute atomic E-state index is 13.2. The first-order valence-electron chi connectivity index (χ1n) is 11.4. The number of nitrogens with zero attached hydrogens (tertiary/aromatic N) is 3. The number of carbonyl (C=O) groups is 4. The number of hydrogen-bond acceptors (Lipinski definition) is 5. The number of likely N-dealkylation sites (tertiary alicyclic amines) is 2. The molecule has 2 fully saturated rings. The molecule has 0 N–H and O–H groups in total. The van der Waals surface area contributed by atoms with Gasteiger partial charge in [0, 0.05) is 43.3 Å². The molecule has 2 aromatic rings. The highest BCUT2D eigenvalue weighted by Gasteiger charge is 2.33. The van der Waals surface area contributed by atoms with Crippen molar-refractivity contribution < 1.29 is 23.9 Å². The summed E-state index contributed by atoms with van der Waals surface area (Å²) in [7, 11) is 0. The number of para-hydroxylation sites is 1. The lowest BCUT2D eigenvalue weighted by Crippen LogP contribution is -2.45. The van der Waals surface area contributed by atoms with Gasteiger partial charge >= 0.3 is 5.97 Å². The fraction of sp³-hybridized carbons (Fsp3) is 0.500. The molecule has 3 heterocycles. The fourth-order valence-corrected chi connectivity index (χ4v) is 4.64. The quantitative estimate of drug-likeness (QED) is 0.391. The van der Waals surface area contributed by atoms with E-state index in [1.165, 1.54) is 4.90 Å². The third kappa shape index (κ3) is 4.40. The number of piperidine rings is 1. The Morgan fingerprint density at radius 1 is 1.00 bits per heavy atom. The van der Waals surface area contributed by atoms with E-state index in [0.29, 0.717) is 24.8 Å². The zero-order chi connectivity index (χ0) is 22.7. The van der Waals surface area contributed by atoms with Crippen LogP contribution in [0, 0.1) is 5.92 Å². The summed E-state index contributed by atoms with van der Waals surface area (Å²) in [6.07, 6.45) is 4.94. The smallest absolute Gasteiger partial charge is 0.310 e. The first-order valence-corrected chi connectivity index (χ1v) is 11.4. The van der Waals surface area contributed by atoms with Crippen molar-refractivity contribution in [2.75, 3.05) is 32.8 Å². The molecule has 2 aliphatic rings. The largest absolute Gasteiger partial charge is 0.466 e. The van der Waals surface area contributed by atoms with Crippen molar-refractivity contribution in [1.29, 1.82) is 0 Å². The second-order valence-electron chi connectivity index (χ2n) is 8.45. The van der Waals surface area contributed by atoms with Gasteiger partial charge in [0.15, 0.2) is 0 Å². The van der Waals surface area contributed by atoms with Gasteiger partial charge in [-0.3, -0.25) is 19.2 Å². The van der Waals surface area contributed by atoms with Gasteiger partial charge in [0.2, 0.25) is 5.91 Å². The van der Waals surface area contributed by atoms with E-state index in [4.69, 9.17) is 4.74 Å². The van der Waals surface area contributed by atoms with Crippen LogP contribution in [-0.4, -0.2) is 70.7 Å². The van der Waals surface area contributed by atoms with Gasteiger partial charge in [-0.2, -0.15) is 0 Å².